The molecule has 1 unspecified atom stereocenters. The lowest BCUT2D eigenvalue weighted by Crippen LogP contribution is -2.38. The van der Waals surface area contributed by atoms with E-state index in [4.69, 9.17) is 0 Å². The standard InChI is InChI=1S/C12H21N3OS/c1-5-9(2)13-6-12(16)15(4)7-11-10(3)14-8-17-11/h8-9,13H,5-7H2,1-4H3. The third-order valence-electron chi connectivity index (χ3n) is 2.87. The maximum atomic E-state index is 11.8. The fraction of sp³-hybridized carbons (Fsp3) is 0.667. The second kappa shape index (κ2) is 6.71. The fourth-order valence-electron chi connectivity index (χ4n) is 1.32. The number of aromatic nitrogens is 1. The number of nitrogens with zero attached hydrogens (tertiary/aromatic N) is 2. The summed E-state index contributed by atoms with van der Waals surface area (Å²) in [7, 11) is 1.83. The normalized spacial score (nSPS) is 12.5. The zero-order valence-electron chi connectivity index (χ0n) is 11.0. The van der Waals surface area contributed by atoms with Gasteiger partial charge in [0, 0.05) is 18.0 Å². The van der Waals surface area contributed by atoms with Crippen molar-refractivity contribution in [3.8, 4) is 0 Å². The quantitative estimate of drug-likeness (QED) is 0.843. The monoisotopic (exact) mass is 255 g/mol. The van der Waals surface area contributed by atoms with E-state index in [1.165, 1.54) is 0 Å². The van der Waals surface area contributed by atoms with Crippen LogP contribution in [0.2, 0.25) is 0 Å². The van der Waals surface area contributed by atoms with Crippen LogP contribution < -0.4 is 5.32 Å². The van der Waals surface area contributed by atoms with Gasteiger partial charge in [-0.25, -0.2) is 4.98 Å². The molecule has 96 valence electrons. The first-order valence-electron chi connectivity index (χ1n) is 5.90. The van der Waals surface area contributed by atoms with Crippen LogP contribution in [0.25, 0.3) is 0 Å². The topological polar surface area (TPSA) is 45.2 Å². The maximum absolute atomic E-state index is 11.8. The molecule has 1 amide bonds. The number of likely N-dealkylation sites (N-methyl/N-ethyl adjacent to an activating group) is 1. The minimum atomic E-state index is 0.123. The average molecular weight is 255 g/mol. The highest BCUT2D eigenvalue weighted by molar-refractivity contribution is 7.09. The number of thiazole rings is 1. The van der Waals surface area contributed by atoms with E-state index in [0.29, 0.717) is 19.1 Å². The van der Waals surface area contributed by atoms with E-state index in [2.05, 4.69) is 24.1 Å². The van der Waals surface area contributed by atoms with Gasteiger partial charge in [0.1, 0.15) is 0 Å². The number of amides is 1. The molecule has 0 aliphatic rings. The van der Waals surface area contributed by atoms with Crippen LogP contribution in [0.5, 0.6) is 0 Å². The second-order valence-electron chi connectivity index (χ2n) is 4.30. The van der Waals surface area contributed by atoms with Crippen molar-refractivity contribution in [2.75, 3.05) is 13.6 Å². The summed E-state index contributed by atoms with van der Waals surface area (Å²) in [5, 5.41) is 3.20. The number of hydrogen-bond donors (Lipinski definition) is 1. The van der Waals surface area contributed by atoms with Crippen molar-refractivity contribution in [1.29, 1.82) is 0 Å². The Bertz CT molecular complexity index is 364. The molecule has 17 heavy (non-hydrogen) atoms. The minimum Gasteiger partial charge on any atom is -0.339 e. The Morgan fingerprint density at radius 2 is 2.35 bits per heavy atom. The van der Waals surface area contributed by atoms with E-state index in [9.17, 15) is 4.79 Å². The molecule has 0 bridgehead atoms. The molecule has 0 aliphatic heterocycles. The number of hydrogen-bond acceptors (Lipinski definition) is 4. The molecule has 0 spiro atoms. The third kappa shape index (κ3) is 4.44. The van der Waals surface area contributed by atoms with Crippen LogP contribution in [-0.2, 0) is 11.3 Å². The van der Waals surface area contributed by atoms with Crippen LogP contribution in [0.3, 0.4) is 0 Å². The number of nitrogens with one attached hydrogen (secondary N) is 1. The predicted octanol–water partition coefficient (Wildman–Crippen LogP) is 1.80. The van der Waals surface area contributed by atoms with Crippen molar-refractivity contribution in [1.82, 2.24) is 15.2 Å². The molecule has 1 atom stereocenters. The maximum Gasteiger partial charge on any atom is 0.236 e. The first kappa shape index (κ1) is 14.1. The summed E-state index contributed by atoms with van der Waals surface area (Å²) < 4.78 is 0. The molecule has 1 aromatic heterocycles. The first-order chi connectivity index (χ1) is 8.04. The highest BCUT2D eigenvalue weighted by Crippen LogP contribution is 2.13. The molecule has 1 rings (SSSR count). The molecular formula is C12H21N3OS. The van der Waals surface area contributed by atoms with Gasteiger partial charge in [-0.2, -0.15) is 0 Å². The third-order valence-corrected chi connectivity index (χ3v) is 3.79. The first-order valence-corrected chi connectivity index (χ1v) is 6.78. The van der Waals surface area contributed by atoms with Crippen molar-refractivity contribution in [3.63, 3.8) is 0 Å². The van der Waals surface area contributed by atoms with E-state index in [0.717, 1.165) is 17.0 Å². The molecule has 1 N–H and O–H groups in total. The van der Waals surface area contributed by atoms with Gasteiger partial charge in [0.15, 0.2) is 0 Å². The Hall–Kier alpha value is -0.940. The zero-order valence-corrected chi connectivity index (χ0v) is 11.8. The van der Waals surface area contributed by atoms with E-state index < -0.39 is 0 Å². The Morgan fingerprint density at radius 3 is 2.88 bits per heavy atom. The number of carbonyl (C=O) groups excluding carboxylic acids is 1. The Labute approximate surface area is 107 Å². The molecule has 0 aliphatic carbocycles. The van der Waals surface area contributed by atoms with E-state index in [1.807, 2.05) is 19.5 Å². The molecule has 0 radical (unpaired) electrons. The molecule has 1 aromatic rings. The van der Waals surface area contributed by atoms with Crippen molar-refractivity contribution in [2.45, 2.75) is 39.8 Å². The Morgan fingerprint density at radius 1 is 1.65 bits per heavy atom. The molecule has 5 heteroatoms. The van der Waals surface area contributed by atoms with Crippen LogP contribution in [0.4, 0.5) is 0 Å². The molecule has 1 heterocycles. The summed E-state index contributed by atoms with van der Waals surface area (Å²) >= 11 is 1.60. The zero-order chi connectivity index (χ0) is 12.8. The Kier molecular flexibility index (Phi) is 5.58. The molecule has 0 fully saturated rings. The van der Waals surface area contributed by atoms with Gasteiger partial charge in [0.25, 0.3) is 0 Å². The molecule has 4 nitrogen and oxygen atoms in total. The minimum absolute atomic E-state index is 0.123. The summed E-state index contributed by atoms with van der Waals surface area (Å²) in [5.41, 5.74) is 2.84. The van der Waals surface area contributed by atoms with Crippen molar-refractivity contribution < 1.29 is 4.79 Å². The van der Waals surface area contributed by atoms with Gasteiger partial charge in [-0.15, -0.1) is 11.3 Å². The van der Waals surface area contributed by atoms with E-state index in [-0.39, 0.29) is 5.91 Å². The Balaban J connectivity index is 2.40. The largest absolute Gasteiger partial charge is 0.339 e. The van der Waals surface area contributed by atoms with Crippen LogP contribution in [-0.4, -0.2) is 35.4 Å². The summed E-state index contributed by atoms with van der Waals surface area (Å²) in [6.45, 7) is 7.22. The van der Waals surface area contributed by atoms with Crippen molar-refractivity contribution >= 4 is 17.2 Å². The summed E-state index contributed by atoms with van der Waals surface area (Å²) in [6.07, 6.45) is 1.03. The van der Waals surface area contributed by atoms with Crippen molar-refractivity contribution in [2.24, 2.45) is 0 Å². The molecule has 0 aromatic carbocycles. The lowest BCUT2D eigenvalue weighted by molar-refractivity contribution is -0.129. The fourth-order valence-corrected chi connectivity index (χ4v) is 2.15. The average Bonchev–Trinajstić information content (AvgIpc) is 2.71. The number of aryl methyl sites for hydroxylation is 1. The smallest absolute Gasteiger partial charge is 0.236 e. The van der Waals surface area contributed by atoms with Gasteiger partial charge in [0.05, 0.1) is 24.3 Å². The lowest BCUT2D eigenvalue weighted by atomic mass is 10.2. The van der Waals surface area contributed by atoms with Gasteiger partial charge in [0.2, 0.25) is 5.91 Å². The molecular weight excluding hydrogens is 234 g/mol. The predicted molar refractivity (Wildman–Crippen MR) is 71.1 cm³/mol. The number of rotatable bonds is 6. The lowest BCUT2D eigenvalue weighted by Gasteiger charge is -2.18. The van der Waals surface area contributed by atoms with Gasteiger partial charge in [-0.05, 0) is 20.3 Å². The molecule has 0 saturated heterocycles. The van der Waals surface area contributed by atoms with Gasteiger partial charge in [-0.3, -0.25) is 4.79 Å². The van der Waals surface area contributed by atoms with Crippen LogP contribution in [0.15, 0.2) is 5.51 Å². The van der Waals surface area contributed by atoms with Gasteiger partial charge in [-0.1, -0.05) is 6.92 Å². The summed E-state index contributed by atoms with van der Waals surface area (Å²) in [6, 6.07) is 0.387. The van der Waals surface area contributed by atoms with E-state index in [1.54, 1.807) is 16.2 Å². The summed E-state index contributed by atoms with van der Waals surface area (Å²) in [5.74, 6) is 0.123. The van der Waals surface area contributed by atoms with Crippen LogP contribution in [0, 0.1) is 6.92 Å². The molecule has 0 saturated carbocycles. The van der Waals surface area contributed by atoms with Crippen LogP contribution >= 0.6 is 11.3 Å². The van der Waals surface area contributed by atoms with Gasteiger partial charge < -0.3 is 10.2 Å². The van der Waals surface area contributed by atoms with Crippen LogP contribution in [0.1, 0.15) is 30.8 Å². The second-order valence-corrected chi connectivity index (χ2v) is 5.24. The van der Waals surface area contributed by atoms with Gasteiger partial charge >= 0.3 is 0 Å². The number of carbonyl (C=O) groups is 1. The summed E-state index contributed by atoms with van der Waals surface area (Å²) in [4.78, 5) is 18.9. The highest BCUT2D eigenvalue weighted by Gasteiger charge is 2.12. The van der Waals surface area contributed by atoms with Crippen molar-refractivity contribution in [3.05, 3.63) is 16.1 Å². The van der Waals surface area contributed by atoms with E-state index >= 15 is 0 Å². The SMILES string of the molecule is CCC(C)NCC(=O)N(C)Cc1scnc1C. The highest BCUT2D eigenvalue weighted by atomic mass is 32.1.